The fourth-order valence-electron chi connectivity index (χ4n) is 2.39. The fraction of sp³-hybridized carbons (Fsp3) is 0.294. The molecule has 0 N–H and O–H groups in total. The monoisotopic (exact) mass is 285 g/mol. The number of nitrogens with zero attached hydrogens (tertiary/aromatic N) is 1. The van der Waals surface area contributed by atoms with E-state index in [9.17, 15) is 0 Å². The van der Waals surface area contributed by atoms with Crippen LogP contribution >= 0.6 is 8.30 Å². The van der Waals surface area contributed by atoms with Crippen molar-refractivity contribution in [2.24, 2.45) is 5.41 Å². The minimum Gasteiger partial charge on any atom is -0.335 e. The Kier molecular flexibility index (Phi) is 3.78. The molecule has 2 nitrogen and oxygen atoms in total. The molecule has 2 aromatic carbocycles. The summed E-state index contributed by atoms with van der Waals surface area (Å²) in [4.78, 5) is 0. The average Bonchev–Trinajstić information content (AvgIpc) is 2.48. The van der Waals surface area contributed by atoms with Crippen molar-refractivity contribution in [1.82, 2.24) is 0 Å². The van der Waals surface area contributed by atoms with Crippen LogP contribution in [0.25, 0.3) is 0 Å². The summed E-state index contributed by atoms with van der Waals surface area (Å²) in [6.07, 6.45) is 0. The molecule has 1 heterocycles. The van der Waals surface area contributed by atoms with Crippen LogP contribution in [0.3, 0.4) is 0 Å². The number of para-hydroxylation sites is 1. The van der Waals surface area contributed by atoms with Gasteiger partial charge in [0.1, 0.15) is 0 Å². The van der Waals surface area contributed by atoms with Crippen LogP contribution in [-0.4, -0.2) is 13.2 Å². The van der Waals surface area contributed by atoms with Crippen LogP contribution < -0.4 is 9.97 Å². The summed E-state index contributed by atoms with van der Waals surface area (Å²) in [6, 6.07) is 21.1. The van der Waals surface area contributed by atoms with Gasteiger partial charge in [-0.15, -0.1) is 0 Å². The third-order valence-corrected chi connectivity index (χ3v) is 5.33. The molecule has 3 heteroatoms. The molecule has 0 bridgehead atoms. The molecule has 104 valence electrons. The van der Waals surface area contributed by atoms with Gasteiger partial charge in [0.05, 0.1) is 6.61 Å². The predicted molar refractivity (Wildman–Crippen MR) is 86.5 cm³/mol. The van der Waals surface area contributed by atoms with Crippen molar-refractivity contribution in [3.05, 3.63) is 60.7 Å². The average molecular weight is 285 g/mol. The summed E-state index contributed by atoms with van der Waals surface area (Å²) in [6.45, 7) is 6.37. The van der Waals surface area contributed by atoms with Crippen molar-refractivity contribution < 1.29 is 4.52 Å². The van der Waals surface area contributed by atoms with Crippen molar-refractivity contribution in [3.63, 3.8) is 0 Å². The highest BCUT2D eigenvalue weighted by molar-refractivity contribution is 7.62. The Morgan fingerprint density at radius 3 is 2.20 bits per heavy atom. The normalized spacial score (nSPS) is 21.7. The lowest BCUT2D eigenvalue weighted by Crippen LogP contribution is -2.41. The zero-order valence-electron chi connectivity index (χ0n) is 12.0. The minimum absolute atomic E-state index is 0.184. The number of anilines is 1. The van der Waals surface area contributed by atoms with Crippen LogP contribution in [0.15, 0.2) is 60.7 Å². The summed E-state index contributed by atoms with van der Waals surface area (Å²) >= 11 is 0. The smallest absolute Gasteiger partial charge is 0.166 e. The molecular formula is C17H20NOP. The first-order valence-corrected chi connectivity index (χ1v) is 8.18. The van der Waals surface area contributed by atoms with Crippen LogP contribution in [0.1, 0.15) is 13.8 Å². The first-order valence-electron chi connectivity index (χ1n) is 6.96. The summed E-state index contributed by atoms with van der Waals surface area (Å²) in [5, 5.41) is 1.28. The van der Waals surface area contributed by atoms with Crippen molar-refractivity contribution >= 4 is 19.3 Å². The molecule has 0 amide bonds. The molecule has 1 unspecified atom stereocenters. The SMILES string of the molecule is CC1(C)COP(c2ccccc2)N(c2ccccc2)C1. The Hall–Kier alpha value is -1.37. The zero-order chi connectivity index (χ0) is 14.0. The molecule has 1 atom stereocenters. The summed E-state index contributed by atoms with van der Waals surface area (Å²) in [5.41, 5.74) is 1.43. The van der Waals surface area contributed by atoms with E-state index < -0.39 is 8.30 Å². The van der Waals surface area contributed by atoms with Crippen molar-refractivity contribution in [1.29, 1.82) is 0 Å². The van der Waals surface area contributed by atoms with E-state index in [1.54, 1.807) is 0 Å². The molecule has 0 aromatic heterocycles. The van der Waals surface area contributed by atoms with E-state index in [-0.39, 0.29) is 5.41 Å². The number of hydrogen-bond donors (Lipinski definition) is 0. The first-order chi connectivity index (χ1) is 9.66. The largest absolute Gasteiger partial charge is 0.335 e. The molecule has 0 aliphatic carbocycles. The molecule has 0 radical (unpaired) electrons. The quantitative estimate of drug-likeness (QED) is 0.767. The molecular weight excluding hydrogens is 265 g/mol. The fourth-order valence-corrected chi connectivity index (χ4v) is 4.71. The van der Waals surface area contributed by atoms with E-state index in [4.69, 9.17) is 4.52 Å². The third-order valence-electron chi connectivity index (χ3n) is 3.41. The lowest BCUT2D eigenvalue weighted by molar-refractivity contribution is 0.186. The van der Waals surface area contributed by atoms with E-state index in [1.165, 1.54) is 11.0 Å². The molecule has 0 saturated carbocycles. The highest BCUT2D eigenvalue weighted by atomic mass is 31.2. The van der Waals surface area contributed by atoms with Crippen LogP contribution in [-0.2, 0) is 4.52 Å². The molecule has 1 aliphatic heterocycles. The summed E-state index contributed by atoms with van der Waals surface area (Å²) in [7, 11) is -0.732. The minimum atomic E-state index is -0.732. The summed E-state index contributed by atoms with van der Waals surface area (Å²) in [5.74, 6) is 0. The molecule has 20 heavy (non-hydrogen) atoms. The lowest BCUT2D eigenvalue weighted by Gasteiger charge is -2.44. The number of hydrogen-bond acceptors (Lipinski definition) is 2. The highest BCUT2D eigenvalue weighted by Gasteiger charge is 2.35. The second kappa shape index (κ2) is 5.55. The maximum Gasteiger partial charge on any atom is 0.166 e. The third kappa shape index (κ3) is 2.87. The Bertz CT molecular complexity index is 556. The Morgan fingerprint density at radius 2 is 1.55 bits per heavy atom. The van der Waals surface area contributed by atoms with Crippen molar-refractivity contribution in [2.45, 2.75) is 13.8 Å². The van der Waals surface area contributed by atoms with Gasteiger partial charge in [0, 0.05) is 23.0 Å². The zero-order valence-corrected chi connectivity index (χ0v) is 12.9. The second-order valence-corrected chi connectivity index (χ2v) is 7.74. The number of rotatable bonds is 2. The van der Waals surface area contributed by atoms with Gasteiger partial charge in [-0.1, -0.05) is 62.4 Å². The molecule has 1 saturated heterocycles. The predicted octanol–water partition coefficient (Wildman–Crippen LogP) is 4.19. The standard InChI is InChI=1S/C17H20NOP/c1-17(2)13-18(15-9-5-3-6-10-15)20(19-14-17)16-11-7-4-8-12-16/h3-12H,13-14H2,1-2H3. The Labute approximate surface area is 122 Å². The highest BCUT2D eigenvalue weighted by Crippen LogP contribution is 2.49. The maximum atomic E-state index is 6.24. The van der Waals surface area contributed by atoms with Crippen LogP contribution in [0.2, 0.25) is 0 Å². The van der Waals surface area contributed by atoms with Gasteiger partial charge < -0.3 is 9.19 Å². The van der Waals surface area contributed by atoms with Gasteiger partial charge >= 0.3 is 0 Å². The summed E-state index contributed by atoms with van der Waals surface area (Å²) < 4.78 is 8.66. The van der Waals surface area contributed by atoms with E-state index in [1.807, 2.05) is 0 Å². The molecule has 1 fully saturated rings. The molecule has 0 spiro atoms. The van der Waals surface area contributed by atoms with E-state index >= 15 is 0 Å². The van der Waals surface area contributed by atoms with Gasteiger partial charge in [0.2, 0.25) is 0 Å². The Morgan fingerprint density at radius 1 is 0.950 bits per heavy atom. The molecule has 3 rings (SSSR count). The first kappa shape index (κ1) is 13.6. The van der Waals surface area contributed by atoms with Crippen molar-refractivity contribution in [3.8, 4) is 0 Å². The van der Waals surface area contributed by atoms with Gasteiger partial charge in [0.15, 0.2) is 8.30 Å². The topological polar surface area (TPSA) is 12.5 Å². The number of benzene rings is 2. The van der Waals surface area contributed by atoms with E-state index in [2.05, 4.69) is 79.2 Å². The second-order valence-electron chi connectivity index (χ2n) is 5.94. The van der Waals surface area contributed by atoms with Crippen LogP contribution in [0.5, 0.6) is 0 Å². The van der Waals surface area contributed by atoms with Crippen LogP contribution in [0.4, 0.5) is 5.69 Å². The van der Waals surface area contributed by atoms with Crippen LogP contribution in [0, 0.1) is 5.41 Å². The van der Waals surface area contributed by atoms with Gasteiger partial charge in [-0.05, 0) is 12.1 Å². The van der Waals surface area contributed by atoms with E-state index in [0.717, 1.165) is 13.2 Å². The van der Waals surface area contributed by atoms with Crippen molar-refractivity contribution in [2.75, 3.05) is 17.8 Å². The van der Waals surface area contributed by atoms with Gasteiger partial charge in [-0.3, -0.25) is 0 Å². The van der Waals surface area contributed by atoms with Gasteiger partial charge in [-0.25, -0.2) is 0 Å². The van der Waals surface area contributed by atoms with Gasteiger partial charge in [0.25, 0.3) is 0 Å². The molecule has 1 aliphatic rings. The van der Waals surface area contributed by atoms with E-state index in [0.29, 0.717) is 0 Å². The Balaban J connectivity index is 1.96. The van der Waals surface area contributed by atoms with Gasteiger partial charge in [-0.2, -0.15) is 0 Å². The lowest BCUT2D eigenvalue weighted by atomic mass is 9.95. The maximum absolute atomic E-state index is 6.24. The molecule has 2 aromatic rings.